The largest absolute Gasteiger partial charge is 0.370 e. The normalized spacial score (nSPS) is 17.4. The van der Waals surface area contributed by atoms with Crippen LogP contribution in [0.1, 0.15) is 64.3 Å². The maximum absolute atomic E-state index is 5.75. The van der Waals surface area contributed by atoms with Crippen molar-refractivity contribution in [3.05, 3.63) is 11.7 Å². The lowest BCUT2D eigenvalue weighted by molar-refractivity contribution is 0.0384. The molecule has 1 heterocycles. The van der Waals surface area contributed by atoms with Gasteiger partial charge in [0.05, 0.1) is 0 Å². The van der Waals surface area contributed by atoms with E-state index in [1.54, 1.807) is 0 Å². The molecule has 2 rings (SSSR count). The van der Waals surface area contributed by atoms with Gasteiger partial charge in [-0.15, -0.1) is 0 Å². The number of aryl methyl sites for hydroxylation is 1. The molecule has 1 fully saturated rings. The lowest BCUT2D eigenvalue weighted by Crippen LogP contribution is -2.18. The molecule has 0 bridgehead atoms. The first kappa shape index (κ1) is 15.4. The predicted molar refractivity (Wildman–Crippen MR) is 77.2 cm³/mol. The summed E-state index contributed by atoms with van der Waals surface area (Å²) in [4.78, 5) is 4.52. The van der Waals surface area contributed by atoms with E-state index in [1.807, 2.05) is 6.92 Å². The highest BCUT2D eigenvalue weighted by molar-refractivity contribution is 4.98. The molecule has 1 aliphatic carbocycles. The second-order valence-electron chi connectivity index (χ2n) is 6.46. The first-order valence-electron chi connectivity index (χ1n) is 7.70. The zero-order valence-electron chi connectivity index (χ0n) is 12.9. The highest BCUT2D eigenvalue weighted by atomic mass is 16.5. The molecule has 1 unspecified atom stereocenters. The molecule has 0 aromatic carbocycles. The molecule has 1 aromatic heterocycles. The Labute approximate surface area is 121 Å². The van der Waals surface area contributed by atoms with E-state index in [0.717, 1.165) is 37.5 Å². The number of rotatable bonds is 9. The lowest BCUT2D eigenvalue weighted by atomic mass is 9.84. The molecule has 2 N–H and O–H groups in total. The van der Waals surface area contributed by atoms with Crippen LogP contribution in [0.5, 0.6) is 0 Å². The van der Waals surface area contributed by atoms with Crippen LogP contribution in [0.3, 0.4) is 0 Å². The summed E-state index contributed by atoms with van der Waals surface area (Å²) in [5.74, 6) is 2.02. The molecule has 1 saturated carbocycles. The summed E-state index contributed by atoms with van der Waals surface area (Å²) in [7, 11) is 0. The van der Waals surface area contributed by atoms with E-state index in [1.165, 1.54) is 12.8 Å². The number of ether oxygens (including phenoxy) is 1. The number of hydrogen-bond donors (Lipinski definition) is 1. The summed E-state index contributed by atoms with van der Waals surface area (Å²) in [6.07, 6.45) is 5.26. The van der Waals surface area contributed by atoms with Crippen LogP contribution >= 0.6 is 0 Å². The number of hydrogen-bond acceptors (Lipinski definition) is 5. The van der Waals surface area contributed by atoms with Crippen LogP contribution in [-0.2, 0) is 11.2 Å². The third-order valence-electron chi connectivity index (χ3n) is 3.97. The SMILES string of the molecule is CCOC(c1noc(CCC(C)(C)CCN)n1)C1CC1. The fraction of sp³-hybridized carbons (Fsp3) is 0.867. The van der Waals surface area contributed by atoms with Crippen molar-refractivity contribution in [3.63, 3.8) is 0 Å². The van der Waals surface area contributed by atoms with Crippen LogP contribution in [0.2, 0.25) is 0 Å². The Morgan fingerprint density at radius 2 is 2.15 bits per heavy atom. The van der Waals surface area contributed by atoms with E-state index in [0.29, 0.717) is 12.5 Å². The third-order valence-corrected chi connectivity index (χ3v) is 3.97. The number of aromatic nitrogens is 2. The standard InChI is InChI=1S/C15H27N3O2/c1-4-19-13(11-5-6-11)14-17-12(20-18-14)7-8-15(2,3)9-10-16/h11,13H,4-10,16H2,1-3H3. The minimum atomic E-state index is 0.0227. The van der Waals surface area contributed by atoms with E-state index in [4.69, 9.17) is 15.0 Å². The molecule has 0 aliphatic heterocycles. The first-order valence-corrected chi connectivity index (χ1v) is 7.70. The van der Waals surface area contributed by atoms with Gasteiger partial charge in [-0.1, -0.05) is 19.0 Å². The molecule has 5 nitrogen and oxygen atoms in total. The van der Waals surface area contributed by atoms with Gasteiger partial charge in [0.25, 0.3) is 0 Å². The quantitative estimate of drug-likeness (QED) is 0.753. The van der Waals surface area contributed by atoms with Gasteiger partial charge >= 0.3 is 0 Å². The van der Waals surface area contributed by atoms with Crippen LogP contribution in [0, 0.1) is 11.3 Å². The Hall–Kier alpha value is -0.940. The Bertz CT molecular complexity index is 413. The molecule has 1 aliphatic rings. The van der Waals surface area contributed by atoms with E-state index >= 15 is 0 Å². The predicted octanol–water partition coefficient (Wildman–Crippen LogP) is 2.86. The summed E-state index contributed by atoms with van der Waals surface area (Å²) in [6.45, 7) is 7.87. The van der Waals surface area contributed by atoms with Crippen LogP contribution in [-0.4, -0.2) is 23.3 Å². The van der Waals surface area contributed by atoms with Crippen molar-refractivity contribution in [2.45, 2.75) is 59.0 Å². The zero-order valence-corrected chi connectivity index (χ0v) is 12.9. The fourth-order valence-electron chi connectivity index (χ4n) is 2.45. The summed E-state index contributed by atoms with van der Waals surface area (Å²) < 4.78 is 11.1. The van der Waals surface area contributed by atoms with Crippen molar-refractivity contribution in [2.24, 2.45) is 17.1 Å². The Morgan fingerprint density at radius 1 is 1.40 bits per heavy atom. The van der Waals surface area contributed by atoms with Crippen LogP contribution in [0.4, 0.5) is 0 Å². The van der Waals surface area contributed by atoms with E-state index in [2.05, 4.69) is 24.0 Å². The molecule has 20 heavy (non-hydrogen) atoms. The molecule has 1 aromatic rings. The van der Waals surface area contributed by atoms with Crippen molar-refractivity contribution in [1.29, 1.82) is 0 Å². The van der Waals surface area contributed by atoms with Crippen molar-refractivity contribution < 1.29 is 9.26 Å². The lowest BCUT2D eigenvalue weighted by Gasteiger charge is -2.22. The Morgan fingerprint density at radius 3 is 2.75 bits per heavy atom. The van der Waals surface area contributed by atoms with E-state index in [9.17, 15) is 0 Å². The molecular weight excluding hydrogens is 254 g/mol. The minimum absolute atomic E-state index is 0.0227. The highest BCUT2D eigenvalue weighted by Gasteiger charge is 2.36. The van der Waals surface area contributed by atoms with Crippen LogP contribution < -0.4 is 5.73 Å². The molecule has 5 heteroatoms. The van der Waals surface area contributed by atoms with Gasteiger partial charge in [-0.2, -0.15) is 4.98 Å². The maximum Gasteiger partial charge on any atom is 0.226 e. The van der Waals surface area contributed by atoms with Gasteiger partial charge in [-0.25, -0.2) is 0 Å². The highest BCUT2D eigenvalue weighted by Crippen LogP contribution is 2.42. The number of nitrogens with two attached hydrogens (primary N) is 1. The average Bonchev–Trinajstić information content (AvgIpc) is 3.12. The van der Waals surface area contributed by atoms with Gasteiger partial charge in [0.1, 0.15) is 6.10 Å². The van der Waals surface area contributed by atoms with Gasteiger partial charge in [0.15, 0.2) is 0 Å². The molecule has 0 radical (unpaired) electrons. The molecular formula is C15H27N3O2. The van der Waals surface area contributed by atoms with Crippen molar-refractivity contribution in [1.82, 2.24) is 10.1 Å². The molecule has 0 spiro atoms. The summed E-state index contributed by atoms with van der Waals surface area (Å²) in [5, 5.41) is 4.11. The Kier molecular flexibility index (Phi) is 5.16. The average molecular weight is 281 g/mol. The van der Waals surface area contributed by atoms with Gasteiger partial charge in [0.2, 0.25) is 11.7 Å². The minimum Gasteiger partial charge on any atom is -0.370 e. The smallest absolute Gasteiger partial charge is 0.226 e. The maximum atomic E-state index is 5.75. The monoisotopic (exact) mass is 281 g/mol. The topological polar surface area (TPSA) is 74.2 Å². The second kappa shape index (κ2) is 6.68. The molecule has 114 valence electrons. The van der Waals surface area contributed by atoms with Crippen LogP contribution in [0.25, 0.3) is 0 Å². The van der Waals surface area contributed by atoms with Gasteiger partial charge in [-0.05, 0) is 50.5 Å². The van der Waals surface area contributed by atoms with E-state index in [-0.39, 0.29) is 11.5 Å². The molecule has 1 atom stereocenters. The van der Waals surface area contributed by atoms with Gasteiger partial charge in [-0.3, -0.25) is 0 Å². The first-order chi connectivity index (χ1) is 9.55. The van der Waals surface area contributed by atoms with Crippen molar-refractivity contribution >= 4 is 0 Å². The van der Waals surface area contributed by atoms with E-state index < -0.39 is 0 Å². The molecule has 0 saturated heterocycles. The third kappa shape index (κ3) is 4.28. The summed E-state index contributed by atoms with van der Waals surface area (Å²) >= 11 is 0. The van der Waals surface area contributed by atoms with Gasteiger partial charge < -0.3 is 15.0 Å². The van der Waals surface area contributed by atoms with Crippen molar-refractivity contribution in [2.75, 3.05) is 13.2 Å². The fourth-order valence-corrected chi connectivity index (χ4v) is 2.45. The second-order valence-corrected chi connectivity index (χ2v) is 6.46. The van der Waals surface area contributed by atoms with Crippen molar-refractivity contribution in [3.8, 4) is 0 Å². The summed E-state index contributed by atoms with van der Waals surface area (Å²) in [5.41, 5.74) is 5.85. The summed E-state index contributed by atoms with van der Waals surface area (Å²) in [6, 6.07) is 0. The zero-order chi connectivity index (χ0) is 14.6. The van der Waals surface area contributed by atoms with Crippen LogP contribution in [0.15, 0.2) is 4.52 Å². The number of nitrogens with zero attached hydrogens (tertiary/aromatic N) is 2. The van der Waals surface area contributed by atoms with Gasteiger partial charge in [0, 0.05) is 13.0 Å². The molecule has 0 amide bonds. The Balaban J connectivity index is 1.91.